The summed E-state index contributed by atoms with van der Waals surface area (Å²) in [6.45, 7) is 3.82. The Balaban J connectivity index is 1.21. The monoisotopic (exact) mass is 486 g/mol. The molecule has 0 radical (unpaired) electrons. The van der Waals surface area contributed by atoms with Gasteiger partial charge >= 0.3 is 0 Å². The van der Waals surface area contributed by atoms with Gasteiger partial charge < -0.3 is 15.1 Å². The second-order valence-corrected chi connectivity index (χ2v) is 8.95. The summed E-state index contributed by atoms with van der Waals surface area (Å²) in [5, 5.41) is 14.6. The van der Waals surface area contributed by atoms with Crippen LogP contribution in [-0.2, 0) is 9.59 Å². The third-order valence-electron chi connectivity index (χ3n) is 6.35. The standard InChI is InChI=1S/C23H27ClN6O4/c24-18-5-6-21(25-15-18)26-23(32)17-7-9-27(10-8-17)16-22(31)29-13-11-28(12-14-29)19-3-1-2-4-20(19)30(33)34/h1-6,15,17H,7-14,16H2,(H,25,26,32). The molecule has 34 heavy (non-hydrogen) atoms. The highest BCUT2D eigenvalue weighted by molar-refractivity contribution is 6.30. The fourth-order valence-electron chi connectivity index (χ4n) is 4.41. The molecule has 2 aliphatic heterocycles. The number of amides is 2. The lowest BCUT2D eigenvalue weighted by molar-refractivity contribution is -0.384. The van der Waals surface area contributed by atoms with Crippen molar-refractivity contribution >= 4 is 40.6 Å². The Hall–Kier alpha value is -3.24. The van der Waals surface area contributed by atoms with Crippen molar-refractivity contribution in [2.75, 3.05) is 56.0 Å². The van der Waals surface area contributed by atoms with E-state index in [1.807, 2.05) is 9.80 Å². The lowest BCUT2D eigenvalue weighted by Crippen LogP contribution is -2.52. The van der Waals surface area contributed by atoms with Crippen LogP contribution in [0, 0.1) is 16.0 Å². The Labute approximate surface area is 202 Å². The maximum atomic E-state index is 12.8. The molecule has 0 bridgehead atoms. The Morgan fingerprint density at radius 1 is 1.06 bits per heavy atom. The highest BCUT2D eigenvalue weighted by Crippen LogP contribution is 2.28. The van der Waals surface area contributed by atoms with Crippen LogP contribution in [0.15, 0.2) is 42.6 Å². The number of nitro groups is 1. The van der Waals surface area contributed by atoms with Gasteiger partial charge in [0.2, 0.25) is 11.8 Å². The predicted molar refractivity (Wildman–Crippen MR) is 129 cm³/mol. The van der Waals surface area contributed by atoms with Crippen molar-refractivity contribution in [1.82, 2.24) is 14.8 Å². The summed E-state index contributed by atoms with van der Waals surface area (Å²) in [4.78, 5) is 46.2. The summed E-state index contributed by atoms with van der Waals surface area (Å²) in [6, 6.07) is 10.0. The molecule has 11 heteroatoms. The molecule has 2 fully saturated rings. The number of likely N-dealkylation sites (tertiary alicyclic amines) is 1. The van der Waals surface area contributed by atoms with Crippen LogP contribution in [0.5, 0.6) is 0 Å². The number of anilines is 2. The highest BCUT2D eigenvalue weighted by Gasteiger charge is 2.29. The number of benzene rings is 1. The molecule has 2 aliphatic rings. The van der Waals surface area contributed by atoms with Gasteiger partial charge in [0.05, 0.1) is 16.5 Å². The van der Waals surface area contributed by atoms with Crippen LogP contribution in [-0.4, -0.2) is 77.3 Å². The molecule has 0 atom stereocenters. The second-order valence-electron chi connectivity index (χ2n) is 8.51. The first-order valence-corrected chi connectivity index (χ1v) is 11.7. The van der Waals surface area contributed by atoms with E-state index in [1.165, 1.54) is 12.3 Å². The summed E-state index contributed by atoms with van der Waals surface area (Å²) >= 11 is 5.82. The minimum atomic E-state index is -0.372. The molecule has 3 heterocycles. The topological polar surface area (TPSA) is 112 Å². The number of halogens is 1. The molecular weight excluding hydrogens is 460 g/mol. The van der Waals surface area contributed by atoms with Crippen molar-refractivity contribution in [1.29, 1.82) is 0 Å². The summed E-state index contributed by atoms with van der Waals surface area (Å²) in [5.41, 5.74) is 0.676. The number of rotatable bonds is 6. The van der Waals surface area contributed by atoms with E-state index in [-0.39, 0.29) is 28.3 Å². The van der Waals surface area contributed by atoms with E-state index in [2.05, 4.69) is 15.2 Å². The third-order valence-corrected chi connectivity index (χ3v) is 6.57. The first-order valence-electron chi connectivity index (χ1n) is 11.3. The number of nitrogens with zero attached hydrogens (tertiary/aromatic N) is 5. The van der Waals surface area contributed by atoms with Gasteiger partial charge in [-0.3, -0.25) is 24.6 Å². The zero-order valence-corrected chi connectivity index (χ0v) is 19.5. The van der Waals surface area contributed by atoms with Crippen LogP contribution in [0.25, 0.3) is 0 Å². The highest BCUT2D eigenvalue weighted by atomic mass is 35.5. The molecule has 2 saturated heterocycles. The minimum absolute atomic E-state index is 0.0514. The fraction of sp³-hybridized carbons (Fsp3) is 0.435. The molecule has 1 N–H and O–H groups in total. The van der Waals surface area contributed by atoms with Crippen molar-refractivity contribution in [2.24, 2.45) is 5.92 Å². The van der Waals surface area contributed by atoms with Crippen molar-refractivity contribution in [3.8, 4) is 0 Å². The molecular formula is C23H27ClN6O4. The molecule has 0 spiro atoms. The number of hydrogen-bond donors (Lipinski definition) is 1. The summed E-state index contributed by atoms with van der Waals surface area (Å²) in [7, 11) is 0. The van der Waals surface area contributed by atoms with Crippen LogP contribution < -0.4 is 10.2 Å². The lowest BCUT2D eigenvalue weighted by Gasteiger charge is -2.37. The summed E-state index contributed by atoms with van der Waals surface area (Å²) in [5.74, 6) is 0.350. The average Bonchev–Trinajstić information content (AvgIpc) is 2.86. The number of hydrogen-bond acceptors (Lipinski definition) is 7. The number of carbonyl (C=O) groups excluding carboxylic acids is 2. The Morgan fingerprint density at radius 3 is 2.41 bits per heavy atom. The molecule has 4 rings (SSSR count). The number of pyridine rings is 1. The van der Waals surface area contributed by atoms with Gasteiger partial charge in [-0.05, 0) is 44.1 Å². The maximum absolute atomic E-state index is 12.8. The molecule has 2 aromatic rings. The van der Waals surface area contributed by atoms with E-state index in [0.29, 0.717) is 75.2 Å². The van der Waals surface area contributed by atoms with Crippen molar-refractivity contribution in [2.45, 2.75) is 12.8 Å². The van der Waals surface area contributed by atoms with Gasteiger partial charge in [0.1, 0.15) is 11.5 Å². The number of nitro benzene ring substituents is 1. The molecule has 180 valence electrons. The molecule has 10 nitrogen and oxygen atoms in total. The largest absolute Gasteiger partial charge is 0.362 e. The third kappa shape index (κ3) is 5.81. The van der Waals surface area contributed by atoms with E-state index >= 15 is 0 Å². The predicted octanol–water partition coefficient (Wildman–Crippen LogP) is 2.64. The van der Waals surface area contributed by atoms with Crippen LogP contribution in [0.1, 0.15) is 12.8 Å². The Morgan fingerprint density at radius 2 is 1.76 bits per heavy atom. The van der Waals surface area contributed by atoms with Gasteiger partial charge in [-0.1, -0.05) is 23.7 Å². The first kappa shape index (κ1) is 23.9. The van der Waals surface area contributed by atoms with E-state index in [9.17, 15) is 19.7 Å². The second kappa shape index (κ2) is 10.8. The van der Waals surface area contributed by atoms with Gasteiger partial charge in [0.25, 0.3) is 5.69 Å². The quantitative estimate of drug-likeness (QED) is 0.493. The van der Waals surface area contributed by atoms with Crippen molar-refractivity contribution in [3.05, 3.63) is 57.7 Å². The molecule has 0 aliphatic carbocycles. The van der Waals surface area contributed by atoms with E-state index < -0.39 is 0 Å². The SMILES string of the molecule is O=C(Nc1ccc(Cl)cn1)C1CCN(CC(=O)N2CCN(c3ccccc3[N+](=O)[O-])CC2)CC1. The fourth-order valence-corrected chi connectivity index (χ4v) is 4.52. The van der Waals surface area contributed by atoms with Gasteiger partial charge in [-0.15, -0.1) is 0 Å². The zero-order chi connectivity index (χ0) is 24.1. The Bertz CT molecular complexity index is 1030. The van der Waals surface area contributed by atoms with Gasteiger partial charge in [-0.25, -0.2) is 4.98 Å². The maximum Gasteiger partial charge on any atom is 0.292 e. The minimum Gasteiger partial charge on any atom is -0.362 e. The molecule has 1 aromatic carbocycles. The lowest BCUT2D eigenvalue weighted by atomic mass is 9.96. The van der Waals surface area contributed by atoms with Crippen molar-refractivity contribution in [3.63, 3.8) is 0 Å². The van der Waals surface area contributed by atoms with Crippen LogP contribution in [0.4, 0.5) is 17.2 Å². The smallest absolute Gasteiger partial charge is 0.292 e. The van der Waals surface area contributed by atoms with E-state index in [0.717, 1.165) is 0 Å². The summed E-state index contributed by atoms with van der Waals surface area (Å²) < 4.78 is 0. The number of piperazine rings is 1. The van der Waals surface area contributed by atoms with Crippen LogP contribution in [0.3, 0.4) is 0 Å². The number of piperidine rings is 1. The van der Waals surface area contributed by atoms with Crippen molar-refractivity contribution < 1.29 is 14.5 Å². The summed E-state index contributed by atoms with van der Waals surface area (Å²) in [6.07, 6.45) is 2.85. The molecule has 0 saturated carbocycles. The normalized spacial score (nSPS) is 17.4. The van der Waals surface area contributed by atoms with Gasteiger partial charge in [0.15, 0.2) is 0 Å². The van der Waals surface area contributed by atoms with Crippen LogP contribution in [0.2, 0.25) is 5.02 Å². The number of para-hydroxylation sites is 2. The Kier molecular flexibility index (Phi) is 7.59. The zero-order valence-electron chi connectivity index (χ0n) is 18.7. The first-order chi connectivity index (χ1) is 16.4. The number of carbonyl (C=O) groups is 2. The van der Waals surface area contributed by atoms with Gasteiger partial charge in [0, 0.05) is 44.4 Å². The molecule has 1 aromatic heterocycles. The van der Waals surface area contributed by atoms with Crippen LogP contribution >= 0.6 is 11.6 Å². The van der Waals surface area contributed by atoms with E-state index in [1.54, 1.807) is 30.3 Å². The molecule has 2 amide bonds. The van der Waals surface area contributed by atoms with Gasteiger partial charge in [-0.2, -0.15) is 0 Å². The number of nitrogens with one attached hydrogen (secondary N) is 1. The molecule has 0 unspecified atom stereocenters. The average molecular weight is 487 g/mol. The number of aromatic nitrogens is 1. The van der Waals surface area contributed by atoms with E-state index in [4.69, 9.17) is 11.6 Å².